The van der Waals surface area contributed by atoms with Crippen LogP contribution in [0.5, 0.6) is 0 Å². The molecule has 0 bridgehead atoms. The number of unbranched alkanes of at least 4 members (excludes halogenated alkanes) is 48. The Kier molecular flexibility index (Phi) is 60.3. The zero-order valence-corrected chi connectivity index (χ0v) is 54.5. The third-order valence-electron chi connectivity index (χ3n) is 16.1. The van der Waals surface area contributed by atoms with Gasteiger partial charge in [0.05, 0.1) is 39.9 Å². The van der Waals surface area contributed by atoms with Gasteiger partial charge in [-0.25, -0.2) is 0 Å². The summed E-state index contributed by atoms with van der Waals surface area (Å²) in [5, 5.41) is 13.9. The first-order valence-electron chi connectivity index (χ1n) is 34.9. The van der Waals surface area contributed by atoms with Crippen molar-refractivity contribution in [2.75, 3.05) is 40.9 Å². The van der Waals surface area contributed by atoms with Crippen molar-refractivity contribution in [1.29, 1.82) is 0 Å². The van der Waals surface area contributed by atoms with Crippen LogP contribution in [-0.4, -0.2) is 68.5 Å². The van der Waals surface area contributed by atoms with E-state index in [4.69, 9.17) is 9.05 Å². The third kappa shape index (κ3) is 64.1. The van der Waals surface area contributed by atoms with Gasteiger partial charge in [-0.1, -0.05) is 339 Å². The number of aliphatic hydroxyl groups is 1. The molecule has 0 fully saturated rings. The summed E-state index contributed by atoms with van der Waals surface area (Å²) in [7, 11) is 1.25. The number of carbonyl (C=O) groups is 1. The van der Waals surface area contributed by atoms with E-state index in [9.17, 15) is 19.4 Å². The third-order valence-corrected chi connectivity index (χ3v) is 17.0. The second-order valence-corrected chi connectivity index (χ2v) is 26.6. The van der Waals surface area contributed by atoms with Crippen LogP contribution in [0.1, 0.15) is 354 Å². The zero-order valence-electron chi connectivity index (χ0n) is 53.6. The minimum atomic E-state index is -4.61. The van der Waals surface area contributed by atoms with E-state index in [2.05, 4.69) is 43.5 Å². The Labute approximate surface area is 493 Å². The Morgan fingerprint density at radius 3 is 1.03 bits per heavy atom. The maximum absolute atomic E-state index is 13.0. The molecule has 0 rings (SSSR count). The van der Waals surface area contributed by atoms with Gasteiger partial charge >= 0.3 is 0 Å². The number of quaternary nitrogens is 1. The quantitative estimate of drug-likeness (QED) is 0.0272. The number of phosphoric acid groups is 1. The van der Waals surface area contributed by atoms with Crippen molar-refractivity contribution in [2.24, 2.45) is 0 Å². The number of nitrogens with zero attached hydrogens (tertiary/aromatic N) is 1. The number of hydrogen-bond acceptors (Lipinski definition) is 6. The lowest BCUT2D eigenvalue weighted by Gasteiger charge is -2.29. The van der Waals surface area contributed by atoms with Gasteiger partial charge in [-0.15, -0.1) is 0 Å². The summed E-state index contributed by atoms with van der Waals surface area (Å²) >= 11 is 0. The number of allylic oxidation sites excluding steroid dienone is 5. The van der Waals surface area contributed by atoms with Crippen molar-refractivity contribution >= 4 is 13.7 Å². The summed E-state index contributed by atoms with van der Waals surface area (Å²) in [6.07, 6.45) is 81.4. The van der Waals surface area contributed by atoms with Crippen molar-refractivity contribution in [3.63, 3.8) is 0 Å². The number of likely N-dealkylation sites (N-methyl/N-ethyl adjacent to an activating group) is 1. The summed E-state index contributed by atoms with van der Waals surface area (Å²) in [6, 6.07) is -0.909. The summed E-state index contributed by atoms with van der Waals surface area (Å²) in [5.41, 5.74) is 0. The molecule has 0 aliphatic rings. The van der Waals surface area contributed by atoms with Crippen LogP contribution in [0.25, 0.3) is 0 Å². The molecular formula is C70H137N2O6P. The summed E-state index contributed by atoms with van der Waals surface area (Å²) in [5.74, 6) is -0.204. The fourth-order valence-electron chi connectivity index (χ4n) is 10.7. The first kappa shape index (κ1) is 77.7. The van der Waals surface area contributed by atoms with Gasteiger partial charge in [-0.2, -0.15) is 0 Å². The van der Waals surface area contributed by atoms with E-state index in [0.29, 0.717) is 17.4 Å². The van der Waals surface area contributed by atoms with E-state index in [1.807, 2.05) is 27.2 Å². The molecule has 2 N–H and O–H groups in total. The smallest absolute Gasteiger partial charge is 0.268 e. The molecule has 0 saturated carbocycles. The Bertz CT molecular complexity index is 1380. The minimum Gasteiger partial charge on any atom is -0.756 e. The molecular weight excluding hydrogens is 996 g/mol. The molecule has 8 nitrogen and oxygen atoms in total. The van der Waals surface area contributed by atoms with E-state index in [-0.39, 0.29) is 12.5 Å². The molecule has 79 heavy (non-hydrogen) atoms. The molecule has 3 unspecified atom stereocenters. The van der Waals surface area contributed by atoms with Crippen molar-refractivity contribution in [1.82, 2.24) is 5.32 Å². The highest BCUT2D eigenvalue weighted by Gasteiger charge is 2.23. The lowest BCUT2D eigenvalue weighted by molar-refractivity contribution is -0.870. The standard InChI is InChI=1S/C70H137N2O6P/c1-6-8-10-12-14-16-18-20-22-24-26-28-30-32-34-36-38-40-42-44-46-48-50-52-54-56-58-60-62-64-70(74)71-68(67-78-79(75,76)77-66-65-72(3,4)5)69(73)63-61-59-57-55-53-51-49-47-45-43-41-39-37-35-33-31-29-27-25-23-21-19-17-15-13-11-9-7-2/h45,47,53,55,61,63,68-69,73H,6-44,46,48-52,54,56-60,62,64-67H2,1-5H3,(H-,71,74,75,76)/b47-45+,55-53+,63-61+. The van der Waals surface area contributed by atoms with Crippen LogP contribution in [0.15, 0.2) is 36.5 Å². The number of nitrogens with one attached hydrogen (secondary N) is 1. The molecule has 0 heterocycles. The highest BCUT2D eigenvalue weighted by Crippen LogP contribution is 2.38. The van der Waals surface area contributed by atoms with Crippen molar-refractivity contribution in [2.45, 2.75) is 366 Å². The molecule has 0 aromatic carbocycles. The van der Waals surface area contributed by atoms with Crippen molar-refractivity contribution in [3.05, 3.63) is 36.5 Å². The molecule has 0 spiro atoms. The SMILES string of the molecule is CCCCCCCCCCCCCCCCCCCC/C=C/CC/C=C/CC/C=C/C(O)C(COP(=O)([O-])OCC[N+](C)(C)C)NC(=O)CCCCCCCCCCCCCCCCCCCCCCCCCCCCCCC. The van der Waals surface area contributed by atoms with Crippen LogP contribution in [0, 0.1) is 0 Å². The lowest BCUT2D eigenvalue weighted by Crippen LogP contribution is -2.45. The highest BCUT2D eigenvalue weighted by atomic mass is 31.2. The molecule has 0 radical (unpaired) electrons. The van der Waals surface area contributed by atoms with Crippen LogP contribution in [0.3, 0.4) is 0 Å². The molecule has 0 saturated heterocycles. The van der Waals surface area contributed by atoms with E-state index in [0.717, 1.165) is 44.9 Å². The minimum absolute atomic E-state index is 0.00708. The van der Waals surface area contributed by atoms with Crippen molar-refractivity contribution < 1.29 is 32.9 Å². The van der Waals surface area contributed by atoms with E-state index in [1.165, 1.54) is 289 Å². The molecule has 0 aromatic heterocycles. The number of hydrogen-bond donors (Lipinski definition) is 2. The van der Waals surface area contributed by atoms with Gasteiger partial charge in [-0.05, 0) is 44.9 Å². The molecule has 3 atom stereocenters. The van der Waals surface area contributed by atoms with Crippen LogP contribution in [-0.2, 0) is 18.4 Å². The predicted octanol–water partition coefficient (Wildman–Crippen LogP) is 21.4. The Morgan fingerprint density at radius 2 is 0.709 bits per heavy atom. The molecule has 0 aliphatic heterocycles. The van der Waals surface area contributed by atoms with Crippen LogP contribution in [0.4, 0.5) is 0 Å². The summed E-state index contributed by atoms with van der Waals surface area (Å²) in [4.78, 5) is 25.6. The van der Waals surface area contributed by atoms with Gasteiger partial charge in [0, 0.05) is 6.42 Å². The van der Waals surface area contributed by atoms with Crippen LogP contribution < -0.4 is 10.2 Å². The van der Waals surface area contributed by atoms with Crippen LogP contribution in [0.2, 0.25) is 0 Å². The number of carbonyl (C=O) groups excluding carboxylic acids is 1. The zero-order chi connectivity index (χ0) is 57.7. The van der Waals surface area contributed by atoms with Gasteiger partial charge < -0.3 is 28.8 Å². The maximum atomic E-state index is 13.0. The monoisotopic (exact) mass is 1130 g/mol. The van der Waals surface area contributed by atoms with Crippen LogP contribution >= 0.6 is 7.82 Å². The maximum Gasteiger partial charge on any atom is 0.268 e. The van der Waals surface area contributed by atoms with Gasteiger partial charge in [-0.3, -0.25) is 9.36 Å². The first-order chi connectivity index (χ1) is 38.5. The van der Waals surface area contributed by atoms with Gasteiger partial charge in [0.15, 0.2) is 0 Å². The molecule has 0 aromatic rings. The number of amides is 1. The Morgan fingerprint density at radius 1 is 0.430 bits per heavy atom. The fraction of sp³-hybridized carbons (Fsp3) is 0.900. The van der Waals surface area contributed by atoms with Gasteiger partial charge in [0.2, 0.25) is 5.91 Å². The number of rotatable bonds is 65. The summed E-state index contributed by atoms with van der Waals surface area (Å²) < 4.78 is 23.4. The van der Waals surface area contributed by atoms with E-state index >= 15 is 0 Å². The average Bonchev–Trinajstić information content (AvgIpc) is 3.42. The van der Waals surface area contributed by atoms with Gasteiger partial charge in [0.25, 0.3) is 7.82 Å². The van der Waals surface area contributed by atoms with E-state index < -0.39 is 26.6 Å². The second-order valence-electron chi connectivity index (χ2n) is 25.2. The predicted molar refractivity (Wildman–Crippen MR) is 344 cm³/mol. The normalized spacial score (nSPS) is 13.9. The number of phosphoric ester groups is 1. The molecule has 468 valence electrons. The van der Waals surface area contributed by atoms with Crippen molar-refractivity contribution in [3.8, 4) is 0 Å². The Hall–Kier alpha value is -1.28. The molecule has 0 aliphatic carbocycles. The Balaban J connectivity index is 4.11. The first-order valence-corrected chi connectivity index (χ1v) is 36.3. The molecule has 1 amide bonds. The van der Waals surface area contributed by atoms with Gasteiger partial charge in [0.1, 0.15) is 13.2 Å². The second kappa shape index (κ2) is 61.3. The lowest BCUT2D eigenvalue weighted by atomic mass is 10.0. The fourth-order valence-corrected chi connectivity index (χ4v) is 11.4. The average molecular weight is 1130 g/mol. The highest BCUT2D eigenvalue weighted by molar-refractivity contribution is 7.45. The van der Waals surface area contributed by atoms with E-state index in [1.54, 1.807) is 6.08 Å². The molecule has 9 heteroatoms. The number of aliphatic hydroxyl groups excluding tert-OH is 1. The summed E-state index contributed by atoms with van der Waals surface area (Å²) in [6.45, 7) is 4.68. The largest absolute Gasteiger partial charge is 0.756 e. The topological polar surface area (TPSA) is 108 Å².